The molecule has 1 nitrogen and oxygen atoms in total. The van der Waals surface area contributed by atoms with Gasteiger partial charge in [0, 0.05) is 6.61 Å². The quantitative estimate of drug-likeness (QED) is 0.439. The summed E-state index contributed by atoms with van der Waals surface area (Å²) >= 11 is 0.778. The molecular weight excluding hydrogens is 98.5 g/mol. The first-order chi connectivity index (χ1) is 2.41. The van der Waals surface area contributed by atoms with Crippen LogP contribution in [0.4, 0.5) is 0 Å². The molecule has 3 heteroatoms. The second-order valence-electron chi connectivity index (χ2n) is 0.316. The number of aliphatic hydroxyl groups is 1. The van der Waals surface area contributed by atoms with E-state index in [1.165, 1.54) is 0 Å². The Balaban J connectivity index is 0. The van der Waals surface area contributed by atoms with Gasteiger partial charge in [-0.1, -0.05) is 0 Å². The van der Waals surface area contributed by atoms with Crippen LogP contribution in [-0.4, -0.2) is 38.4 Å². The van der Waals surface area contributed by atoms with Crippen molar-refractivity contribution < 1.29 is 5.11 Å². The molecule has 0 saturated carbocycles. The number of rotatable bonds is 0. The van der Waals surface area contributed by atoms with Gasteiger partial charge >= 0.3 is 34.6 Å². The predicted molar refractivity (Wildman–Crippen MR) is 24.4 cm³/mol. The fourth-order valence-electron chi connectivity index (χ4n) is 0. The molecule has 28 valence electrons. The zero-order valence-corrected chi connectivity index (χ0v) is 6.29. The van der Waals surface area contributed by atoms with Crippen molar-refractivity contribution in [3.05, 3.63) is 0 Å². The monoisotopic (exact) mass is 104 g/mol. The van der Waals surface area contributed by atoms with E-state index in [-0.39, 0.29) is 6.61 Å². The summed E-state index contributed by atoms with van der Waals surface area (Å²) in [6, 6.07) is 0. The van der Waals surface area contributed by atoms with Crippen molar-refractivity contribution in [3.8, 4) is 0 Å². The van der Waals surface area contributed by atoms with Crippen molar-refractivity contribution in [2.75, 3.05) is 6.61 Å². The zero-order valence-electron chi connectivity index (χ0n) is 3.53. The van der Waals surface area contributed by atoms with Gasteiger partial charge in [0.25, 0.3) is 0 Å². The molecule has 0 aromatic heterocycles. The van der Waals surface area contributed by atoms with Crippen LogP contribution in [0, 0.1) is 0 Å². The van der Waals surface area contributed by atoms with Crippen LogP contribution in [0.5, 0.6) is 0 Å². The second-order valence-corrected chi connectivity index (χ2v) is 0.316. The molecule has 0 aliphatic carbocycles. The maximum absolute atomic E-state index is 7.57. The minimum absolute atomic E-state index is 0.250. The Morgan fingerprint density at radius 3 is 1.80 bits per heavy atom. The van der Waals surface area contributed by atoms with Crippen LogP contribution in [0.2, 0.25) is 0 Å². The Morgan fingerprint density at radius 1 is 1.80 bits per heavy atom. The van der Waals surface area contributed by atoms with Gasteiger partial charge in [-0.2, -0.15) is 0 Å². The molecule has 0 saturated heterocycles. The van der Waals surface area contributed by atoms with Crippen molar-refractivity contribution in [1.82, 2.24) is 0 Å². The van der Waals surface area contributed by atoms with Gasteiger partial charge in [0.2, 0.25) is 0 Å². The van der Waals surface area contributed by atoms with Gasteiger partial charge in [-0.3, -0.25) is 0 Å². The molecule has 5 heavy (non-hydrogen) atoms. The number of hydrogen-bond acceptors (Lipinski definition) is 1. The van der Waals surface area contributed by atoms with E-state index in [2.05, 4.69) is 0 Å². The van der Waals surface area contributed by atoms with E-state index in [1.807, 2.05) is 0 Å². The van der Waals surface area contributed by atoms with Crippen LogP contribution >= 0.6 is 7.91 Å². The van der Waals surface area contributed by atoms with E-state index < -0.39 is 0 Å². The van der Waals surface area contributed by atoms with E-state index in [0.717, 1.165) is 26.6 Å². The fourth-order valence-corrected chi connectivity index (χ4v) is 0. The molecule has 0 aromatic carbocycles. The molecule has 0 bridgehead atoms. The van der Waals surface area contributed by atoms with Crippen LogP contribution < -0.4 is 0 Å². The first-order valence-electron chi connectivity index (χ1n) is 1.40. The van der Waals surface area contributed by atoms with E-state index in [0.29, 0.717) is 0 Å². The maximum atomic E-state index is 7.57. The van der Waals surface area contributed by atoms with Gasteiger partial charge in [-0.15, -0.1) is 0 Å². The fraction of sp³-hybridized carbons (Fsp3) is 1.00. The summed E-state index contributed by atoms with van der Waals surface area (Å²) in [5.74, 6) is 0. The van der Waals surface area contributed by atoms with E-state index in [9.17, 15) is 0 Å². The predicted octanol–water partition coefficient (Wildman–Crippen LogP) is 0.307. The second kappa shape index (κ2) is 18.7. The normalized spacial score (nSPS) is 5.00. The van der Waals surface area contributed by atoms with Crippen LogP contribution in [-0.2, 0) is 0 Å². The molecule has 1 N–H and O–H groups in total. The third-order valence-corrected chi connectivity index (χ3v) is 0. The summed E-state index contributed by atoms with van der Waals surface area (Å²) < 4.78 is 0. The van der Waals surface area contributed by atoms with Crippen LogP contribution in [0.3, 0.4) is 0 Å². The summed E-state index contributed by atoms with van der Waals surface area (Å²) in [4.78, 5) is 0. The first-order valence-corrected chi connectivity index (χ1v) is 4.43. The Morgan fingerprint density at radius 2 is 1.80 bits per heavy atom. The SMILES string of the molecule is CCO.[Na][Cl]. The molecule has 0 aliphatic rings. The summed E-state index contributed by atoms with van der Waals surface area (Å²) in [6.07, 6.45) is 0. The Hall–Kier alpha value is 1.25. The molecule has 0 aromatic rings. The number of halogens is 1. The standard InChI is InChI=1S/C2H6O.ClH.Na/c1-2-3;;/h3H,2H2,1H3;1H;/q;;+1/p-1. The summed E-state index contributed by atoms with van der Waals surface area (Å²) in [7, 11) is 4.78. The van der Waals surface area contributed by atoms with Gasteiger partial charge in [0.05, 0.1) is 0 Å². The van der Waals surface area contributed by atoms with E-state index in [1.54, 1.807) is 6.92 Å². The number of hydrogen-bond donors (Lipinski definition) is 1. The summed E-state index contributed by atoms with van der Waals surface area (Å²) in [6.45, 7) is 1.93. The Labute approximate surface area is 53.1 Å². The van der Waals surface area contributed by atoms with Crippen molar-refractivity contribution >= 4 is 34.6 Å². The van der Waals surface area contributed by atoms with E-state index >= 15 is 0 Å². The van der Waals surface area contributed by atoms with Gasteiger partial charge in [-0.25, -0.2) is 0 Å². The van der Waals surface area contributed by atoms with Crippen LogP contribution in [0.15, 0.2) is 0 Å². The molecule has 0 unspecified atom stereocenters. The summed E-state index contributed by atoms with van der Waals surface area (Å²) in [5.41, 5.74) is 0. The Kier molecular flexibility index (Phi) is 35.7. The van der Waals surface area contributed by atoms with Crippen molar-refractivity contribution in [2.24, 2.45) is 0 Å². The molecule has 0 amide bonds. The molecule has 0 heterocycles. The van der Waals surface area contributed by atoms with Crippen LogP contribution in [0.1, 0.15) is 6.92 Å². The third-order valence-electron chi connectivity index (χ3n) is 0. The molecule has 0 atom stereocenters. The van der Waals surface area contributed by atoms with Crippen LogP contribution in [0.25, 0.3) is 0 Å². The van der Waals surface area contributed by atoms with Crippen molar-refractivity contribution in [1.29, 1.82) is 0 Å². The first kappa shape index (κ1) is 9.54. The Bertz CT molecular complexity index is 9.61. The average molecular weight is 105 g/mol. The molecule has 0 aliphatic heterocycles. The molecular formula is C2H6ClNaO. The molecule has 0 spiro atoms. The minimum atomic E-state index is 0.250. The van der Waals surface area contributed by atoms with E-state index in [4.69, 9.17) is 13.0 Å². The topological polar surface area (TPSA) is 20.2 Å². The van der Waals surface area contributed by atoms with Gasteiger partial charge in [0.15, 0.2) is 0 Å². The van der Waals surface area contributed by atoms with Gasteiger partial charge in [0.1, 0.15) is 0 Å². The number of aliphatic hydroxyl groups excluding tert-OH is 1. The molecule has 0 rings (SSSR count). The van der Waals surface area contributed by atoms with Crippen molar-refractivity contribution in [2.45, 2.75) is 6.92 Å². The third kappa shape index (κ3) is 35.5. The van der Waals surface area contributed by atoms with Gasteiger partial charge in [-0.05, 0) is 6.92 Å². The van der Waals surface area contributed by atoms with Gasteiger partial charge < -0.3 is 5.11 Å². The summed E-state index contributed by atoms with van der Waals surface area (Å²) in [5, 5.41) is 7.57. The zero-order chi connectivity index (χ0) is 4.71. The van der Waals surface area contributed by atoms with Crippen molar-refractivity contribution in [3.63, 3.8) is 0 Å². The molecule has 0 radical (unpaired) electrons. The molecule has 0 fully saturated rings. The average Bonchev–Trinajstić information content (AvgIpc) is 1.46.